The number of benzene rings is 2. The summed E-state index contributed by atoms with van der Waals surface area (Å²) < 4.78 is 32.0. The minimum absolute atomic E-state index is 0.0196. The molecular formula is C27H31N3O4S. The third-order valence-electron chi connectivity index (χ3n) is 6.50. The van der Waals surface area contributed by atoms with Crippen LogP contribution in [0.25, 0.3) is 33.1 Å². The lowest BCUT2D eigenvalue weighted by molar-refractivity contribution is 0.138. The molecule has 8 heteroatoms. The highest BCUT2D eigenvalue weighted by Gasteiger charge is 2.37. The van der Waals surface area contributed by atoms with E-state index in [1.54, 1.807) is 12.1 Å². The number of ether oxygens (including phenoxy) is 1. The van der Waals surface area contributed by atoms with Gasteiger partial charge in [-0.25, -0.2) is 13.4 Å². The largest absolute Gasteiger partial charge is 0.491 e. The first kappa shape index (κ1) is 23.8. The van der Waals surface area contributed by atoms with E-state index in [2.05, 4.69) is 16.0 Å². The third-order valence-corrected chi connectivity index (χ3v) is 8.76. The van der Waals surface area contributed by atoms with Gasteiger partial charge in [-0.2, -0.15) is 0 Å². The predicted octanol–water partition coefficient (Wildman–Crippen LogP) is 4.18. The highest BCUT2D eigenvalue weighted by Crippen LogP contribution is 2.40. The molecule has 35 heavy (non-hydrogen) atoms. The molecule has 0 aliphatic heterocycles. The minimum atomic E-state index is -3.30. The van der Waals surface area contributed by atoms with Gasteiger partial charge in [0.05, 0.1) is 28.9 Å². The molecule has 184 valence electrons. The topological polar surface area (TPSA) is 95.5 Å². The van der Waals surface area contributed by atoms with Crippen molar-refractivity contribution >= 4 is 31.8 Å². The monoisotopic (exact) mass is 493 g/mol. The van der Waals surface area contributed by atoms with E-state index in [1.165, 1.54) is 0 Å². The fourth-order valence-corrected chi connectivity index (χ4v) is 6.33. The maximum atomic E-state index is 12.9. The van der Waals surface area contributed by atoms with Crippen LogP contribution in [-0.2, 0) is 9.84 Å². The first-order valence-corrected chi connectivity index (χ1v) is 13.5. The van der Waals surface area contributed by atoms with E-state index in [4.69, 9.17) is 4.74 Å². The lowest BCUT2D eigenvalue weighted by atomic mass is 9.99. The zero-order valence-corrected chi connectivity index (χ0v) is 21.1. The summed E-state index contributed by atoms with van der Waals surface area (Å²) in [5.41, 5.74) is 4.36. The summed E-state index contributed by atoms with van der Waals surface area (Å²) in [4.78, 5) is 10.4. The van der Waals surface area contributed by atoms with Gasteiger partial charge < -0.3 is 19.7 Å². The van der Waals surface area contributed by atoms with Gasteiger partial charge in [0.25, 0.3) is 0 Å². The third kappa shape index (κ3) is 4.66. The van der Waals surface area contributed by atoms with Crippen LogP contribution in [0.15, 0.2) is 53.6 Å². The van der Waals surface area contributed by atoms with Crippen molar-refractivity contribution in [3.05, 3.63) is 54.2 Å². The standard InChI is InChI=1S/C27H31N3O4S/c1-17-11-23-25-22(19-5-4-6-21(12-19)35(32,33)20-7-8-20)9-10-24(26(25)29-27(23)28-13-17)34-16-18(15-31)14-30(2)3/h4-6,9-13,18,20,31H,7-8,14-16H2,1-3H3,(H,28,29)/t18-/m0/s1. The van der Waals surface area contributed by atoms with E-state index < -0.39 is 9.84 Å². The minimum Gasteiger partial charge on any atom is -0.491 e. The van der Waals surface area contributed by atoms with Crippen molar-refractivity contribution in [1.82, 2.24) is 14.9 Å². The van der Waals surface area contributed by atoms with E-state index in [1.807, 2.05) is 56.4 Å². The van der Waals surface area contributed by atoms with Crippen LogP contribution < -0.4 is 4.74 Å². The molecule has 0 saturated heterocycles. The number of aryl methyl sites for hydroxylation is 1. The fraction of sp³-hybridized carbons (Fsp3) is 0.370. The lowest BCUT2D eigenvalue weighted by Crippen LogP contribution is -2.28. The quantitative estimate of drug-likeness (QED) is 0.363. The Hall–Kier alpha value is -2.94. The first-order valence-electron chi connectivity index (χ1n) is 11.9. The van der Waals surface area contributed by atoms with Crippen molar-refractivity contribution in [3.8, 4) is 16.9 Å². The zero-order chi connectivity index (χ0) is 24.7. The number of rotatable bonds is 9. The number of pyridine rings is 1. The number of aromatic nitrogens is 2. The number of sulfone groups is 1. The molecule has 1 aliphatic rings. The number of nitrogens with zero attached hydrogens (tertiary/aromatic N) is 2. The number of hydrogen-bond donors (Lipinski definition) is 2. The number of aliphatic hydroxyl groups excluding tert-OH is 1. The fourth-order valence-electron chi connectivity index (χ4n) is 4.62. The second-order valence-electron chi connectivity index (χ2n) is 9.79. The van der Waals surface area contributed by atoms with E-state index in [0.717, 1.165) is 51.5 Å². The Balaban J connectivity index is 1.62. The number of nitrogens with one attached hydrogen (secondary N) is 1. The average Bonchev–Trinajstić information content (AvgIpc) is 3.64. The Morgan fingerprint density at radius 3 is 2.71 bits per heavy atom. The predicted molar refractivity (Wildman–Crippen MR) is 139 cm³/mol. The zero-order valence-electron chi connectivity index (χ0n) is 20.3. The van der Waals surface area contributed by atoms with Crippen molar-refractivity contribution in [3.63, 3.8) is 0 Å². The van der Waals surface area contributed by atoms with Crippen LogP contribution in [0.3, 0.4) is 0 Å². The SMILES string of the molecule is Cc1cnc2[nH]c3c(OC[C@H](CO)CN(C)C)ccc(-c4cccc(S(=O)(=O)C5CC5)c4)c3c2c1. The number of fused-ring (bicyclic) bond motifs is 3. The average molecular weight is 494 g/mol. The highest BCUT2D eigenvalue weighted by molar-refractivity contribution is 7.92. The first-order chi connectivity index (χ1) is 16.8. The summed E-state index contributed by atoms with van der Waals surface area (Å²) >= 11 is 0. The Bertz CT molecular complexity index is 1490. The second-order valence-corrected chi connectivity index (χ2v) is 12.0. The van der Waals surface area contributed by atoms with Crippen LogP contribution in [0.4, 0.5) is 0 Å². The summed E-state index contributed by atoms with van der Waals surface area (Å²) in [6.07, 6.45) is 3.29. The van der Waals surface area contributed by atoms with Gasteiger partial charge in [0.2, 0.25) is 0 Å². The van der Waals surface area contributed by atoms with Gasteiger partial charge in [0.1, 0.15) is 11.4 Å². The van der Waals surface area contributed by atoms with Crippen LogP contribution in [0.5, 0.6) is 5.75 Å². The molecule has 2 aromatic carbocycles. The molecule has 1 atom stereocenters. The van der Waals surface area contributed by atoms with Gasteiger partial charge in [0.15, 0.2) is 9.84 Å². The van der Waals surface area contributed by atoms with Gasteiger partial charge in [-0.05, 0) is 80.9 Å². The molecule has 1 aliphatic carbocycles. The Kier molecular flexibility index (Phi) is 6.29. The van der Waals surface area contributed by atoms with E-state index in [0.29, 0.717) is 23.8 Å². The summed E-state index contributed by atoms with van der Waals surface area (Å²) in [7, 11) is 0.645. The molecule has 7 nitrogen and oxygen atoms in total. The van der Waals surface area contributed by atoms with E-state index in [9.17, 15) is 13.5 Å². The van der Waals surface area contributed by atoms with Crippen molar-refractivity contribution in [2.24, 2.45) is 5.92 Å². The molecule has 0 amide bonds. The van der Waals surface area contributed by atoms with E-state index >= 15 is 0 Å². The molecule has 2 N–H and O–H groups in total. The number of aliphatic hydroxyl groups is 1. The number of aromatic amines is 1. The van der Waals surface area contributed by atoms with Crippen LogP contribution in [0, 0.1) is 12.8 Å². The maximum absolute atomic E-state index is 12.9. The maximum Gasteiger partial charge on any atom is 0.181 e. The summed E-state index contributed by atoms with van der Waals surface area (Å²) in [6.45, 7) is 3.13. The molecule has 2 aromatic heterocycles. The molecule has 0 spiro atoms. The van der Waals surface area contributed by atoms with Crippen molar-refractivity contribution < 1.29 is 18.3 Å². The molecule has 0 radical (unpaired) electrons. The Morgan fingerprint density at radius 1 is 1.20 bits per heavy atom. The van der Waals surface area contributed by atoms with Gasteiger partial charge in [-0.15, -0.1) is 0 Å². The number of H-pyrrole nitrogens is 1. The second kappa shape index (κ2) is 9.26. The van der Waals surface area contributed by atoms with Crippen molar-refractivity contribution in [2.45, 2.75) is 29.9 Å². The van der Waals surface area contributed by atoms with Crippen molar-refractivity contribution in [1.29, 1.82) is 0 Å². The molecule has 5 rings (SSSR count). The summed E-state index contributed by atoms with van der Waals surface area (Å²) in [5, 5.41) is 11.4. The Labute approximate surface area is 205 Å². The van der Waals surface area contributed by atoms with Gasteiger partial charge in [0, 0.05) is 29.4 Å². The summed E-state index contributed by atoms with van der Waals surface area (Å²) in [6, 6.07) is 13.2. The normalized spacial score (nSPS) is 15.2. The van der Waals surface area contributed by atoms with Crippen LogP contribution in [-0.4, -0.2) is 67.5 Å². The van der Waals surface area contributed by atoms with Gasteiger partial charge >= 0.3 is 0 Å². The molecule has 4 aromatic rings. The molecule has 1 saturated carbocycles. The lowest BCUT2D eigenvalue weighted by Gasteiger charge is -2.20. The molecule has 0 bridgehead atoms. The highest BCUT2D eigenvalue weighted by atomic mass is 32.2. The molecule has 0 unspecified atom stereocenters. The van der Waals surface area contributed by atoms with Gasteiger partial charge in [-0.3, -0.25) is 0 Å². The Morgan fingerprint density at radius 2 is 2.00 bits per heavy atom. The summed E-state index contributed by atoms with van der Waals surface area (Å²) in [5.74, 6) is 0.659. The molecule has 2 heterocycles. The molecule has 1 fully saturated rings. The van der Waals surface area contributed by atoms with Crippen LogP contribution >= 0.6 is 0 Å². The van der Waals surface area contributed by atoms with Crippen LogP contribution in [0.2, 0.25) is 0 Å². The van der Waals surface area contributed by atoms with Crippen molar-refractivity contribution in [2.75, 3.05) is 33.9 Å². The number of hydrogen-bond acceptors (Lipinski definition) is 6. The van der Waals surface area contributed by atoms with E-state index in [-0.39, 0.29) is 17.8 Å². The van der Waals surface area contributed by atoms with Gasteiger partial charge in [-0.1, -0.05) is 12.1 Å². The molecular weight excluding hydrogens is 462 g/mol. The van der Waals surface area contributed by atoms with Crippen LogP contribution in [0.1, 0.15) is 18.4 Å². The smallest absolute Gasteiger partial charge is 0.181 e.